The van der Waals surface area contributed by atoms with Crippen molar-refractivity contribution in [1.82, 2.24) is 5.32 Å². The van der Waals surface area contributed by atoms with Gasteiger partial charge < -0.3 is 5.32 Å². The molecule has 2 rings (SSSR count). The molecule has 5 nitrogen and oxygen atoms in total. The average molecular weight is 318 g/mol. The van der Waals surface area contributed by atoms with Crippen molar-refractivity contribution in [2.45, 2.75) is 37.1 Å². The summed E-state index contributed by atoms with van der Waals surface area (Å²) >= 11 is 0. The fourth-order valence-electron chi connectivity index (χ4n) is 2.32. The lowest BCUT2D eigenvalue weighted by molar-refractivity contribution is 0.0939. The second-order valence-electron chi connectivity index (χ2n) is 5.14. The van der Waals surface area contributed by atoms with Crippen molar-refractivity contribution in [3.8, 4) is 0 Å². The van der Waals surface area contributed by atoms with Gasteiger partial charge in [0.2, 0.25) is 10.0 Å². The molecule has 0 heterocycles. The third kappa shape index (κ3) is 3.38. The highest BCUT2D eigenvalue weighted by Gasteiger charge is 2.38. The van der Waals surface area contributed by atoms with Gasteiger partial charge in [0.1, 0.15) is 16.3 Å². The monoisotopic (exact) mass is 318 g/mol. The molecule has 0 radical (unpaired) electrons. The predicted octanol–water partition coefficient (Wildman–Crippen LogP) is 1.53. The minimum absolute atomic E-state index is 0.116. The van der Waals surface area contributed by atoms with Crippen molar-refractivity contribution in [3.05, 3.63) is 29.3 Å². The lowest BCUT2D eigenvalue weighted by Crippen LogP contribution is -2.29. The van der Waals surface area contributed by atoms with E-state index in [0.717, 1.165) is 19.3 Å². The zero-order valence-corrected chi connectivity index (χ0v) is 12.2. The van der Waals surface area contributed by atoms with E-state index in [4.69, 9.17) is 5.14 Å². The van der Waals surface area contributed by atoms with Crippen LogP contribution < -0.4 is 10.5 Å². The van der Waals surface area contributed by atoms with Crippen LogP contribution in [0.25, 0.3) is 0 Å². The van der Waals surface area contributed by atoms with E-state index < -0.39 is 38.0 Å². The SMILES string of the molecule is CCCC1CC1NC(=O)c1c(F)ccc(S(N)(=O)=O)c1F. The molecule has 1 aromatic carbocycles. The number of hydrogen-bond donors (Lipinski definition) is 2. The summed E-state index contributed by atoms with van der Waals surface area (Å²) < 4.78 is 50.1. The standard InChI is InChI=1S/C13H16F2N2O3S/c1-2-3-7-6-9(7)17-13(18)11-8(14)4-5-10(12(11)15)21(16,19)20/h4-5,7,9H,2-3,6H2,1H3,(H,17,18)(H2,16,19,20). The highest BCUT2D eigenvalue weighted by Crippen LogP contribution is 2.35. The zero-order chi connectivity index (χ0) is 15.8. The summed E-state index contributed by atoms with van der Waals surface area (Å²) in [4.78, 5) is 11.0. The number of primary sulfonamides is 1. The van der Waals surface area contributed by atoms with Crippen LogP contribution in [0.15, 0.2) is 17.0 Å². The highest BCUT2D eigenvalue weighted by atomic mass is 32.2. The number of nitrogens with two attached hydrogens (primary N) is 1. The van der Waals surface area contributed by atoms with Crippen LogP contribution in [0.4, 0.5) is 8.78 Å². The maximum Gasteiger partial charge on any atom is 0.257 e. The molecule has 1 fully saturated rings. The minimum atomic E-state index is -4.36. The van der Waals surface area contributed by atoms with Gasteiger partial charge in [0, 0.05) is 6.04 Å². The molecule has 0 spiro atoms. The van der Waals surface area contributed by atoms with E-state index in [0.29, 0.717) is 18.1 Å². The molecule has 21 heavy (non-hydrogen) atoms. The van der Waals surface area contributed by atoms with Gasteiger partial charge >= 0.3 is 0 Å². The molecule has 1 aliphatic rings. The third-order valence-corrected chi connectivity index (χ3v) is 4.42. The van der Waals surface area contributed by atoms with Gasteiger partial charge in [-0.15, -0.1) is 0 Å². The summed E-state index contributed by atoms with van der Waals surface area (Å²) in [5.41, 5.74) is -0.913. The first-order valence-corrected chi connectivity index (χ1v) is 8.12. The van der Waals surface area contributed by atoms with E-state index in [1.165, 1.54) is 0 Å². The van der Waals surface area contributed by atoms with E-state index in [1.807, 2.05) is 6.92 Å². The molecule has 8 heteroatoms. The molecule has 0 aromatic heterocycles. The van der Waals surface area contributed by atoms with Crippen LogP contribution in [0.2, 0.25) is 0 Å². The third-order valence-electron chi connectivity index (χ3n) is 3.49. The topological polar surface area (TPSA) is 89.3 Å². The smallest absolute Gasteiger partial charge is 0.257 e. The number of halogens is 2. The van der Waals surface area contributed by atoms with Crippen LogP contribution in [-0.2, 0) is 10.0 Å². The molecule has 1 aliphatic carbocycles. The Balaban J connectivity index is 2.25. The largest absolute Gasteiger partial charge is 0.349 e. The number of rotatable bonds is 5. The molecule has 0 bridgehead atoms. The predicted molar refractivity (Wildman–Crippen MR) is 72.0 cm³/mol. The summed E-state index contributed by atoms with van der Waals surface area (Å²) in [6.07, 6.45) is 2.64. The van der Waals surface area contributed by atoms with Crippen LogP contribution >= 0.6 is 0 Å². The molecular formula is C13H16F2N2O3S. The lowest BCUT2D eigenvalue weighted by Gasteiger charge is -2.09. The van der Waals surface area contributed by atoms with Gasteiger partial charge in [-0.25, -0.2) is 22.3 Å². The fourth-order valence-corrected chi connectivity index (χ4v) is 2.93. The number of hydrogen-bond acceptors (Lipinski definition) is 3. The number of benzene rings is 1. The molecule has 1 amide bonds. The lowest BCUT2D eigenvalue weighted by atomic mass is 10.1. The number of amides is 1. The zero-order valence-electron chi connectivity index (χ0n) is 11.4. The number of sulfonamides is 1. The Hall–Kier alpha value is -1.54. The first-order chi connectivity index (χ1) is 9.75. The van der Waals surface area contributed by atoms with Gasteiger partial charge in [-0.3, -0.25) is 4.79 Å². The maximum absolute atomic E-state index is 14.0. The normalized spacial score (nSPS) is 21.1. The van der Waals surface area contributed by atoms with Crippen molar-refractivity contribution in [3.63, 3.8) is 0 Å². The summed E-state index contributed by atoms with van der Waals surface area (Å²) in [6.45, 7) is 2.01. The molecule has 2 unspecified atom stereocenters. The second-order valence-corrected chi connectivity index (χ2v) is 6.67. The van der Waals surface area contributed by atoms with Crippen LogP contribution in [-0.4, -0.2) is 20.4 Å². The number of nitrogens with one attached hydrogen (secondary N) is 1. The molecule has 1 aromatic rings. The summed E-state index contributed by atoms with van der Waals surface area (Å²) in [5, 5.41) is 7.34. The van der Waals surface area contributed by atoms with Gasteiger partial charge in [-0.2, -0.15) is 0 Å². The van der Waals surface area contributed by atoms with E-state index in [-0.39, 0.29) is 6.04 Å². The molecule has 0 aliphatic heterocycles. The molecule has 2 atom stereocenters. The van der Waals surface area contributed by atoms with Crippen LogP contribution in [0, 0.1) is 17.6 Å². The van der Waals surface area contributed by atoms with Gasteiger partial charge in [-0.05, 0) is 30.9 Å². The van der Waals surface area contributed by atoms with E-state index in [1.54, 1.807) is 0 Å². The first kappa shape index (κ1) is 15.8. The van der Waals surface area contributed by atoms with Crippen molar-refractivity contribution in [1.29, 1.82) is 0 Å². The first-order valence-electron chi connectivity index (χ1n) is 6.57. The molecule has 3 N–H and O–H groups in total. The Morgan fingerprint density at radius 1 is 1.43 bits per heavy atom. The van der Waals surface area contributed by atoms with Gasteiger partial charge in [0.05, 0.1) is 0 Å². The van der Waals surface area contributed by atoms with Crippen molar-refractivity contribution < 1.29 is 22.0 Å². The number of carbonyl (C=O) groups is 1. The Labute approximate surface area is 121 Å². The van der Waals surface area contributed by atoms with Gasteiger partial charge in [0.15, 0.2) is 5.82 Å². The summed E-state index contributed by atoms with van der Waals surface area (Å²) in [6, 6.07) is 1.30. The average Bonchev–Trinajstić information content (AvgIpc) is 3.05. The minimum Gasteiger partial charge on any atom is -0.349 e. The van der Waals surface area contributed by atoms with Gasteiger partial charge in [-0.1, -0.05) is 13.3 Å². The summed E-state index contributed by atoms with van der Waals surface area (Å²) in [5.74, 6) is -3.22. The molecule has 0 saturated heterocycles. The van der Waals surface area contributed by atoms with E-state index in [9.17, 15) is 22.0 Å². The Morgan fingerprint density at radius 2 is 2.10 bits per heavy atom. The quantitative estimate of drug-likeness (QED) is 0.863. The fraction of sp³-hybridized carbons (Fsp3) is 0.462. The summed E-state index contributed by atoms with van der Waals surface area (Å²) in [7, 11) is -4.36. The second kappa shape index (κ2) is 5.69. The Morgan fingerprint density at radius 3 is 2.67 bits per heavy atom. The molecule has 1 saturated carbocycles. The van der Waals surface area contributed by atoms with E-state index >= 15 is 0 Å². The van der Waals surface area contributed by atoms with Crippen LogP contribution in [0.1, 0.15) is 36.5 Å². The van der Waals surface area contributed by atoms with Crippen molar-refractivity contribution in [2.75, 3.05) is 0 Å². The molecule has 116 valence electrons. The molecular weight excluding hydrogens is 302 g/mol. The van der Waals surface area contributed by atoms with Gasteiger partial charge in [0.25, 0.3) is 5.91 Å². The highest BCUT2D eigenvalue weighted by molar-refractivity contribution is 7.89. The Bertz CT molecular complexity index is 676. The Kier molecular flexibility index (Phi) is 4.29. The maximum atomic E-state index is 14.0. The number of carbonyl (C=O) groups excluding carboxylic acids is 1. The van der Waals surface area contributed by atoms with Crippen molar-refractivity contribution in [2.24, 2.45) is 11.1 Å². The van der Waals surface area contributed by atoms with E-state index in [2.05, 4.69) is 5.32 Å². The van der Waals surface area contributed by atoms with Crippen molar-refractivity contribution >= 4 is 15.9 Å². The van der Waals surface area contributed by atoms with Crippen LogP contribution in [0.3, 0.4) is 0 Å². The van der Waals surface area contributed by atoms with Crippen LogP contribution in [0.5, 0.6) is 0 Å².